The minimum absolute atomic E-state index is 0.0106. The summed E-state index contributed by atoms with van der Waals surface area (Å²) in [5.41, 5.74) is 7.94. The van der Waals surface area contributed by atoms with Gasteiger partial charge in [0, 0.05) is 52.2 Å². The molecule has 12 rings (SSSR count). The highest BCUT2D eigenvalue weighted by molar-refractivity contribution is 9.11. The molecule has 0 spiro atoms. The van der Waals surface area contributed by atoms with E-state index in [1.807, 2.05) is 86.1 Å². The zero-order valence-corrected chi connectivity index (χ0v) is 61.5. The quantitative estimate of drug-likeness (QED) is 0.0637. The van der Waals surface area contributed by atoms with Gasteiger partial charge in [-0.3, -0.25) is 4.79 Å². The summed E-state index contributed by atoms with van der Waals surface area (Å²) in [6.45, 7) is 9.93. The number of methoxy groups -OCH3 is 1. The molecular formula is C75H68BrF6N7O11S4. The Morgan fingerprint density at radius 3 is 1.68 bits per heavy atom. The van der Waals surface area contributed by atoms with E-state index in [2.05, 4.69) is 32.2 Å². The van der Waals surface area contributed by atoms with Crippen LogP contribution in [0.3, 0.4) is 0 Å². The van der Waals surface area contributed by atoms with Crippen molar-refractivity contribution in [1.29, 1.82) is 0 Å². The van der Waals surface area contributed by atoms with Crippen molar-refractivity contribution < 1.29 is 70.9 Å². The van der Waals surface area contributed by atoms with Gasteiger partial charge < -0.3 is 23.9 Å². The van der Waals surface area contributed by atoms with Crippen LogP contribution >= 0.6 is 27.3 Å². The summed E-state index contributed by atoms with van der Waals surface area (Å²) >= 11 is 5.04. The molecule has 0 unspecified atom stereocenters. The minimum atomic E-state index is -3.90. The van der Waals surface area contributed by atoms with Crippen molar-refractivity contribution in [2.45, 2.75) is 67.8 Å². The molecule has 8 aromatic carbocycles. The van der Waals surface area contributed by atoms with Gasteiger partial charge in [0.15, 0.2) is 38.8 Å². The van der Waals surface area contributed by atoms with Crippen LogP contribution in [0, 0.1) is 37.1 Å². The number of alkyl halides is 2. The molecule has 0 radical (unpaired) electrons. The number of thiophene rings is 1. The molecule has 0 saturated carbocycles. The molecule has 0 amide bonds. The Labute approximate surface area is 609 Å². The maximum absolute atomic E-state index is 14.0. The summed E-state index contributed by atoms with van der Waals surface area (Å²) in [5, 5.41) is 28.1. The van der Waals surface area contributed by atoms with E-state index in [4.69, 9.17) is 24.5 Å². The molecule has 0 saturated heterocycles. The summed E-state index contributed by atoms with van der Waals surface area (Å²) < 4.78 is 170. The lowest BCUT2D eigenvalue weighted by molar-refractivity contribution is 0.0551. The lowest BCUT2D eigenvalue weighted by Gasteiger charge is -2.18. The molecule has 0 fully saturated rings. The van der Waals surface area contributed by atoms with Gasteiger partial charge in [-0.2, -0.15) is 14.9 Å². The molecule has 18 nitrogen and oxygen atoms in total. The van der Waals surface area contributed by atoms with E-state index in [1.165, 1.54) is 91.0 Å². The number of aryl methyl sites for hydroxylation is 2. The van der Waals surface area contributed by atoms with Crippen LogP contribution in [0.15, 0.2) is 236 Å². The van der Waals surface area contributed by atoms with Crippen LogP contribution in [0.5, 0.6) is 17.2 Å². The number of nitrogens with two attached hydrogens (primary N) is 2. The zero-order chi connectivity index (χ0) is 75.6. The topological polar surface area (TPSA) is 260 Å². The summed E-state index contributed by atoms with van der Waals surface area (Å²) in [4.78, 5) is 14.3. The third kappa shape index (κ3) is 20.0. The fraction of sp³-hybridized carbons (Fsp3) is 0.160. The maximum Gasteiger partial charge on any atom is 0.314 e. The van der Waals surface area contributed by atoms with Crippen molar-refractivity contribution >= 4 is 57.2 Å². The fourth-order valence-corrected chi connectivity index (χ4v) is 13.5. The lowest BCUT2D eigenvalue weighted by atomic mass is 10.0. The first-order valence-electron chi connectivity index (χ1n) is 31.4. The van der Waals surface area contributed by atoms with E-state index in [0.717, 1.165) is 93.7 Å². The smallest absolute Gasteiger partial charge is 0.314 e. The van der Waals surface area contributed by atoms with E-state index in [1.54, 1.807) is 73.7 Å². The Kier molecular flexibility index (Phi) is 25.0. The van der Waals surface area contributed by atoms with Gasteiger partial charge in [-0.05, 0) is 224 Å². The maximum atomic E-state index is 14.0. The molecule has 5 N–H and O–H groups in total. The van der Waals surface area contributed by atoms with Crippen LogP contribution in [0.4, 0.5) is 26.3 Å². The first-order valence-corrected chi connectivity index (χ1v) is 37.9. The third-order valence-corrected chi connectivity index (χ3v) is 20.2. The Bertz CT molecular complexity index is 5430. The second-order valence-electron chi connectivity index (χ2n) is 23.9. The number of hydrogen-bond donors (Lipinski definition) is 3. The van der Waals surface area contributed by atoms with Crippen molar-refractivity contribution in [3.8, 4) is 89.5 Å². The molecule has 0 aliphatic heterocycles. The first-order chi connectivity index (χ1) is 49.1. The number of benzene rings is 8. The van der Waals surface area contributed by atoms with Crippen molar-refractivity contribution in [2.24, 2.45) is 10.3 Å². The van der Waals surface area contributed by atoms with Crippen LogP contribution < -0.4 is 30.0 Å². The normalized spacial score (nSPS) is 11.6. The van der Waals surface area contributed by atoms with E-state index in [0.29, 0.717) is 34.7 Å². The van der Waals surface area contributed by atoms with Gasteiger partial charge in [0.25, 0.3) is 6.43 Å². The highest BCUT2D eigenvalue weighted by Gasteiger charge is 2.23. The standard InChI is InChI=1S/C22H22F2N2O3.C19H20N2O3S.C17H12BrFO2S2.C17H14F3N3O3S/c1-14-4-6-15(7-5-14)17-13-25-26(16-8-9-18(23)19(24)12-16)21(27)20(17)29-11-10-22(2,3)28;1-3-24-17-8-4-15(5-9-17)19-12-14(2)13-21(19)16-6-10-18(11-7-16)25(20,22)23;1-23(20,21)14-8-4-11(5-9-14)15-10-16(18)22-17(15)12-2-6-13(19)7-3-12;1-26-16-7-2-10(8-13(16)18)15-9-14(17(19)20)22-23(15)11-3-5-12(6-4-11)27(21,24)25/h4-9,12-13,28H,10-11H2,1-3H3;4-13H,3H2,1-2H3,(H2,20,22,23);2-10H,1H3;2-9,17H,1H3,(H2,21,24,25). The second kappa shape index (κ2) is 33.2. The average Bonchev–Trinajstić information content (AvgIpc) is 1.53. The van der Waals surface area contributed by atoms with Gasteiger partial charge in [-0.15, -0.1) is 11.3 Å². The molecule has 29 heteroatoms. The molecule has 542 valence electrons. The molecule has 0 aliphatic carbocycles. The largest absolute Gasteiger partial charge is 0.494 e. The molecule has 104 heavy (non-hydrogen) atoms. The SMILES string of the molecule is CCOc1ccc(-c2cc(C)cn2-c2ccc(S(N)(=O)=O)cc2)cc1.COc1ccc(-c2cc(C(F)F)nn2-c2ccc(S(N)(=O)=O)cc2)cc1F.CS(=O)(=O)c1ccc(-c2cc(Br)sc2-c2ccc(F)cc2)cc1.Cc1ccc(-c2cnn(-c3ccc(F)c(F)c3)c(=O)c2OCCC(C)(C)O)cc1. The zero-order valence-electron chi connectivity index (χ0n) is 56.6. The van der Waals surface area contributed by atoms with E-state index >= 15 is 0 Å². The van der Waals surface area contributed by atoms with Crippen LogP contribution in [-0.2, 0) is 29.9 Å². The van der Waals surface area contributed by atoms with Gasteiger partial charge in [0.1, 0.15) is 17.3 Å². The number of sulfone groups is 1. The Hall–Kier alpha value is -9.98. The molecule has 4 aromatic heterocycles. The van der Waals surface area contributed by atoms with Crippen LogP contribution in [0.1, 0.15) is 50.4 Å². The number of ether oxygens (including phenoxy) is 3. The van der Waals surface area contributed by atoms with E-state index in [9.17, 15) is 61.5 Å². The van der Waals surface area contributed by atoms with Gasteiger partial charge in [-0.25, -0.2) is 66.6 Å². The van der Waals surface area contributed by atoms with Crippen LogP contribution in [0.25, 0.3) is 72.3 Å². The predicted octanol–water partition coefficient (Wildman–Crippen LogP) is 16.2. The van der Waals surface area contributed by atoms with Crippen LogP contribution in [0.2, 0.25) is 0 Å². The highest BCUT2D eigenvalue weighted by atomic mass is 79.9. The molecule has 0 atom stereocenters. The van der Waals surface area contributed by atoms with E-state index < -0.39 is 70.6 Å². The summed E-state index contributed by atoms with van der Waals surface area (Å²) in [5.74, 6) is -2.16. The number of primary sulfonamides is 2. The fourth-order valence-electron chi connectivity index (χ4n) is 10.2. The minimum Gasteiger partial charge on any atom is -0.494 e. The van der Waals surface area contributed by atoms with Crippen molar-refractivity contribution in [2.75, 3.05) is 26.6 Å². The second-order valence-corrected chi connectivity index (χ2v) is 31.5. The number of aromatic nitrogens is 5. The number of aliphatic hydroxyl groups is 1. The van der Waals surface area contributed by atoms with Crippen LogP contribution in [-0.4, -0.2) is 86.7 Å². The Morgan fingerprint density at radius 1 is 0.587 bits per heavy atom. The van der Waals surface area contributed by atoms with E-state index in [-0.39, 0.29) is 45.1 Å². The number of sulfonamides is 2. The van der Waals surface area contributed by atoms with Gasteiger partial charge >= 0.3 is 5.56 Å². The number of halogens is 7. The predicted molar refractivity (Wildman–Crippen MR) is 393 cm³/mol. The summed E-state index contributed by atoms with van der Waals surface area (Å²) in [6.07, 6.45) is 2.11. The number of nitrogens with zero attached hydrogens (tertiary/aromatic N) is 5. The summed E-state index contributed by atoms with van der Waals surface area (Å²) in [6, 6.07) is 52.5. The molecule has 12 aromatic rings. The Morgan fingerprint density at radius 2 is 1.13 bits per heavy atom. The highest BCUT2D eigenvalue weighted by Crippen LogP contribution is 2.42. The molecule has 0 aliphatic rings. The molecular weight excluding hydrogens is 1500 g/mol. The van der Waals surface area contributed by atoms with Crippen molar-refractivity contribution in [1.82, 2.24) is 24.1 Å². The third-order valence-electron chi connectivity index (χ3n) is 15.5. The van der Waals surface area contributed by atoms with Crippen molar-refractivity contribution in [3.63, 3.8) is 0 Å². The number of hydrogen-bond acceptors (Lipinski definition) is 14. The monoisotopic (exact) mass is 1560 g/mol. The lowest BCUT2D eigenvalue weighted by Crippen LogP contribution is -2.26. The first kappa shape index (κ1) is 78.2. The van der Waals surface area contributed by atoms with Crippen molar-refractivity contribution in [3.05, 3.63) is 267 Å². The van der Waals surface area contributed by atoms with Gasteiger partial charge in [0.2, 0.25) is 20.0 Å². The molecule has 4 heterocycles. The van der Waals surface area contributed by atoms with Gasteiger partial charge in [-0.1, -0.05) is 54.1 Å². The average molecular weight is 1570 g/mol. The summed E-state index contributed by atoms with van der Waals surface area (Å²) in [7, 11) is -9.49. The number of rotatable bonds is 19. The molecule has 0 bridgehead atoms. The Balaban J connectivity index is 0.000000161. The van der Waals surface area contributed by atoms with Gasteiger partial charge in [0.05, 0.1) is 73.4 Å².